The molecule has 0 aromatic heterocycles. The summed E-state index contributed by atoms with van der Waals surface area (Å²) < 4.78 is 0. The number of hydrogen-bond acceptors (Lipinski definition) is 2. The summed E-state index contributed by atoms with van der Waals surface area (Å²) in [5.41, 5.74) is 0. The van der Waals surface area contributed by atoms with Crippen molar-refractivity contribution in [1.29, 1.82) is 0 Å². The molecule has 0 rings (SSSR count). The summed E-state index contributed by atoms with van der Waals surface area (Å²) in [6.45, 7) is 2.47. The van der Waals surface area contributed by atoms with E-state index in [9.17, 15) is 9.59 Å². The first-order valence-electron chi connectivity index (χ1n) is 2.91. The normalized spacial score (nSPS) is 20.8. The Morgan fingerprint density at radius 2 is 1.08 bits per heavy atom. The minimum atomic E-state index is -1.70. The van der Waals surface area contributed by atoms with E-state index in [1.807, 2.05) is 0 Å². The van der Waals surface area contributed by atoms with Gasteiger partial charge in [0.25, 0.3) is 0 Å². The van der Waals surface area contributed by atoms with E-state index in [1.54, 1.807) is 0 Å². The summed E-state index contributed by atoms with van der Waals surface area (Å²) in [6.07, 6.45) is 0. The molecule has 0 aromatic rings. The van der Waals surface area contributed by atoms with E-state index < -0.39 is 20.2 Å². The van der Waals surface area contributed by atoms with E-state index in [2.05, 4.69) is 0 Å². The molecule has 0 saturated heterocycles. The third kappa shape index (κ3) is 2.05. The first-order valence-corrected chi connectivity index (χ1v) is 4.43. The molecule has 0 spiro atoms. The molecule has 2 atom stereocenters. The van der Waals surface area contributed by atoms with Crippen LogP contribution in [0.2, 0.25) is 0 Å². The van der Waals surface area contributed by atoms with Gasteiger partial charge in [0.2, 0.25) is 10.5 Å². The summed E-state index contributed by atoms with van der Waals surface area (Å²) in [6, 6.07) is 0. The van der Waals surface area contributed by atoms with Crippen molar-refractivity contribution in [3.05, 3.63) is 0 Å². The summed E-state index contributed by atoms with van der Waals surface area (Å²) in [5, 5.41) is -1.84. The Labute approximate surface area is 90.1 Å². The van der Waals surface area contributed by atoms with Crippen LogP contribution in [-0.2, 0) is 9.59 Å². The van der Waals surface area contributed by atoms with Crippen LogP contribution in [0.5, 0.6) is 0 Å². The standard InChI is InChI=1S/C6H6Cl4O2/c1-5(9,3(7)11)6(2,10)4(8)12/h1-2H3. The van der Waals surface area contributed by atoms with Crippen molar-refractivity contribution >= 4 is 56.9 Å². The predicted molar refractivity (Wildman–Crippen MR) is 50.2 cm³/mol. The molecule has 2 unspecified atom stereocenters. The number of carbonyl (C=O) groups is 2. The molecule has 0 N–H and O–H groups in total. The predicted octanol–water partition coefficient (Wildman–Crippen LogP) is 2.51. The maximum atomic E-state index is 10.8. The Kier molecular flexibility index (Phi) is 3.86. The number of carbonyl (C=O) groups excluding carboxylic acids is 2. The van der Waals surface area contributed by atoms with Crippen molar-refractivity contribution in [3.63, 3.8) is 0 Å². The van der Waals surface area contributed by atoms with Crippen LogP contribution in [0.1, 0.15) is 13.8 Å². The van der Waals surface area contributed by atoms with Crippen LogP contribution in [0.25, 0.3) is 0 Å². The lowest BCUT2D eigenvalue weighted by molar-refractivity contribution is -0.120. The molecule has 0 saturated carbocycles. The molecule has 70 valence electrons. The molecule has 0 aromatic carbocycles. The van der Waals surface area contributed by atoms with Crippen LogP contribution in [0.4, 0.5) is 0 Å². The molecule has 2 nitrogen and oxygen atoms in total. The van der Waals surface area contributed by atoms with Crippen LogP contribution < -0.4 is 0 Å². The van der Waals surface area contributed by atoms with Gasteiger partial charge in [0, 0.05) is 0 Å². The highest BCUT2D eigenvalue weighted by Crippen LogP contribution is 2.38. The Balaban J connectivity index is 5.01. The molecule has 12 heavy (non-hydrogen) atoms. The highest BCUT2D eigenvalue weighted by molar-refractivity contribution is 6.77. The Bertz CT molecular complexity index is 198. The van der Waals surface area contributed by atoms with E-state index in [-0.39, 0.29) is 0 Å². The highest BCUT2D eigenvalue weighted by atomic mass is 35.5. The summed E-state index contributed by atoms with van der Waals surface area (Å²) in [5.74, 6) is 0. The molecular weight excluding hydrogens is 246 g/mol. The van der Waals surface area contributed by atoms with Gasteiger partial charge in [-0.3, -0.25) is 9.59 Å². The van der Waals surface area contributed by atoms with E-state index in [0.717, 1.165) is 0 Å². The lowest BCUT2D eigenvalue weighted by Crippen LogP contribution is -2.49. The van der Waals surface area contributed by atoms with E-state index >= 15 is 0 Å². The largest absolute Gasteiger partial charge is 0.279 e. The van der Waals surface area contributed by atoms with Gasteiger partial charge in [-0.05, 0) is 37.0 Å². The lowest BCUT2D eigenvalue weighted by Gasteiger charge is -2.30. The number of hydrogen-bond donors (Lipinski definition) is 0. The fourth-order valence-electron chi connectivity index (χ4n) is 0.369. The van der Waals surface area contributed by atoms with Crippen molar-refractivity contribution in [2.75, 3.05) is 0 Å². The minimum Gasteiger partial charge on any atom is -0.279 e. The molecule has 0 heterocycles. The zero-order valence-corrected chi connectivity index (χ0v) is 9.35. The third-order valence-corrected chi connectivity index (χ3v) is 3.77. The van der Waals surface area contributed by atoms with Gasteiger partial charge >= 0.3 is 0 Å². The average molecular weight is 252 g/mol. The first-order chi connectivity index (χ1) is 5.14. The van der Waals surface area contributed by atoms with Crippen LogP contribution in [0.15, 0.2) is 0 Å². The molecule has 0 amide bonds. The van der Waals surface area contributed by atoms with Crippen LogP contribution in [0.3, 0.4) is 0 Å². The molecule has 0 fully saturated rings. The van der Waals surface area contributed by atoms with E-state index in [0.29, 0.717) is 0 Å². The van der Waals surface area contributed by atoms with Gasteiger partial charge in [0.05, 0.1) is 0 Å². The van der Waals surface area contributed by atoms with Gasteiger partial charge in [0.15, 0.2) is 0 Å². The van der Waals surface area contributed by atoms with Crippen molar-refractivity contribution in [3.8, 4) is 0 Å². The van der Waals surface area contributed by atoms with Crippen molar-refractivity contribution in [2.24, 2.45) is 0 Å². The molecule has 0 aliphatic heterocycles. The quantitative estimate of drug-likeness (QED) is 0.571. The van der Waals surface area contributed by atoms with Gasteiger partial charge in [-0.1, -0.05) is 0 Å². The third-order valence-electron chi connectivity index (χ3n) is 1.62. The summed E-state index contributed by atoms with van der Waals surface area (Å²) >= 11 is 21.5. The van der Waals surface area contributed by atoms with Crippen LogP contribution in [-0.4, -0.2) is 20.2 Å². The molecule has 0 radical (unpaired) electrons. The average Bonchev–Trinajstić information content (AvgIpc) is 1.86. The van der Waals surface area contributed by atoms with Gasteiger partial charge in [-0.25, -0.2) is 0 Å². The second-order valence-electron chi connectivity index (χ2n) is 2.55. The lowest BCUT2D eigenvalue weighted by atomic mass is 9.96. The second-order valence-corrected chi connectivity index (χ2v) is 4.75. The SMILES string of the molecule is CC(Cl)(C(=O)Cl)C(C)(Cl)C(=O)Cl. The fraction of sp³-hybridized carbons (Fsp3) is 0.667. The Morgan fingerprint density at radius 1 is 0.917 bits per heavy atom. The maximum Gasteiger partial charge on any atom is 0.244 e. The van der Waals surface area contributed by atoms with Gasteiger partial charge < -0.3 is 0 Å². The molecule has 0 aliphatic carbocycles. The number of rotatable bonds is 3. The monoisotopic (exact) mass is 250 g/mol. The Hall–Kier alpha value is 0.500. The summed E-state index contributed by atoms with van der Waals surface area (Å²) in [7, 11) is 0. The molecule has 6 heteroatoms. The maximum absolute atomic E-state index is 10.8. The van der Waals surface area contributed by atoms with E-state index in [1.165, 1.54) is 13.8 Å². The van der Waals surface area contributed by atoms with Crippen LogP contribution in [0, 0.1) is 0 Å². The van der Waals surface area contributed by atoms with Gasteiger partial charge in [-0.15, -0.1) is 23.2 Å². The fourth-order valence-corrected chi connectivity index (χ4v) is 1.02. The topological polar surface area (TPSA) is 34.1 Å². The van der Waals surface area contributed by atoms with Crippen molar-refractivity contribution in [2.45, 2.75) is 23.6 Å². The first kappa shape index (κ1) is 12.5. The number of alkyl halides is 2. The van der Waals surface area contributed by atoms with Crippen LogP contribution >= 0.6 is 46.4 Å². The Morgan fingerprint density at radius 3 is 1.17 bits per heavy atom. The molecular formula is C6H6Cl4O2. The molecule has 0 bridgehead atoms. The highest BCUT2D eigenvalue weighted by Gasteiger charge is 2.51. The van der Waals surface area contributed by atoms with Crippen molar-refractivity contribution < 1.29 is 9.59 Å². The zero-order valence-electron chi connectivity index (χ0n) is 6.33. The smallest absolute Gasteiger partial charge is 0.244 e. The zero-order chi connectivity index (χ0) is 10.2. The van der Waals surface area contributed by atoms with E-state index in [4.69, 9.17) is 46.4 Å². The minimum absolute atomic E-state index is 0.921. The summed E-state index contributed by atoms with van der Waals surface area (Å²) in [4.78, 5) is 18.1. The van der Waals surface area contributed by atoms with Crippen molar-refractivity contribution in [1.82, 2.24) is 0 Å². The second kappa shape index (κ2) is 3.70. The van der Waals surface area contributed by atoms with Gasteiger partial charge in [-0.2, -0.15) is 0 Å². The number of halogens is 4. The molecule has 0 aliphatic rings. The van der Waals surface area contributed by atoms with Gasteiger partial charge in [0.1, 0.15) is 9.75 Å².